The molecule has 0 aromatic heterocycles. The maximum Gasteiger partial charge on any atom is 0.338 e. The van der Waals surface area contributed by atoms with Crippen LogP contribution in [0.4, 0.5) is 0 Å². The number of benzene rings is 2. The largest absolute Gasteiger partial charge is 0.463 e. The molecule has 17 heteroatoms. The van der Waals surface area contributed by atoms with E-state index in [2.05, 4.69) is 10.6 Å². The van der Waals surface area contributed by atoms with Crippen LogP contribution in [0.3, 0.4) is 0 Å². The molecule has 0 spiro atoms. The summed E-state index contributed by atoms with van der Waals surface area (Å²) in [4.78, 5) is 74.1. The summed E-state index contributed by atoms with van der Waals surface area (Å²) in [5, 5.41) is 16.9. The number of amides is 2. The van der Waals surface area contributed by atoms with Gasteiger partial charge in [0.2, 0.25) is 11.8 Å². The Bertz CT molecular complexity index is 1570. The minimum atomic E-state index is -1.64. The summed E-state index contributed by atoms with van der Waals surface area (Å²) in [6.07, 6.45) is -11.2. The zero-order valence-electron chi connectivity index (χ0n) is 29.8. The van der Waals surface area contributed by atoms with Crippen LogP contribution in [-0.4, -0.2) is 115 Å². The molecule has 2 aliphatic rings. The van der Waals surface area contributed by atoms with E-state index in [1.165, 1.54) is 26.0 Å². The van der Waals surface area contributed by atoms with E-state index in [1.54, 1.807) is 42.5 Å². The summed E-state index contributed by atoms with van der Waals surface area (Å²) in [7, 11) is 0. The summed E-state index contributed by atoms with van der Waals surface area (Å²) in [6, 6.07) is 14.5. The number of carbonyl (C=O) groups is 6. The van der Waals surface area contributed by atoms with Crippen molar-refractivity contribution >= 4 is 35.7 Å². The normalized spacial score (nSPS) is 28.1. The SMILES string of the molecule is CC(=O)N[C@@H]1[C@@H](OCc2ccccc2)O[C@H](CO[C@H]2O[C@H](COC(C)=O)[C@@H](OC(C)=O)[C@H](OC(C)=O)[C@H]2NC(C)=O)[C@H](O)[C@@H]1OC(=O)c1ccccc1. The molecule has 2 aliphatic heterocycles. The van der Waals surface area contributed by atoms with Crippen molar-refractivity contribution in [3.05, 3.63) is 71.8 Å². The van der Waals surface area contributed by atoms with Crippen LogP contribution in [0.5, 0.6) is 0 Å². The first-order valence-electron chi connectivity index (χ1n) is 16.8. The van der Waals surface area contributed by atoms with Gasteiger partial charge in [0.15, 0.2) is 30.9 Å². The molecule has 0 bridgehead atoms. The molecule has 17 nitrogen and oxygen atoms in total. The maximum absolute atomic E-state index is 13.3. The van der Waals surface area contributed by atoms with Crippen molar-refractivity contribution in [1.29, 1.82) is 0 Å². The highest BCUT2D eigenvalue weighted by atomic mass is 16.7. The highest BCUT2D eigenvalue weighted by molar-refractivity contribution is 5.89. The topological polar surface area (TPSA) is 221 Å². The van der Waals surface area contributed by atoms with E-state index in [4.69, 9.17) is 37.9 Å². The Labute approximate surface area is 305 Å². The fraction of sp³-hybridized carbons (Fsp3) is 0.500. The van der Waals surface area contributed by atoms with Crippen LogP contribution >= 0.6 is 0 Å². The molecule has 2 amide bonds. The van der Waals surface area contributed by atoms with E-state index in [1.807, 2.05) is 6.07 Å². The fourth-order valence-corrected chi connectivity index (χ4v) is 5.87. The number of nitrogens with one attached hydrogen (secondary N) is 2. The predicted octanol–water partition coefficient (Wildman–Crippen LogP) is 0.692. The Kier molecular flexibility index (Phi) is 14.8. The minimum Gasteiger partial charge on any atom is -0.463 e. The van der Waals surface area contributed by atoms with E-state index in [0.717, 1.165) is 26.3 Å². The molecule has 2 aromatic rings. The molecular formula is C36H44N2O15. The molecule has 0 aliphatic carbocycles. The quantitative estimate of drug-likeness (QED) is 0.179. The number of hydrogen-bond acceptors (Lipinski definition) is 15. The van der Waals surface area contributed by atoms with Gasteiger partial charge in [-0.2, -0.15) is 0 Å². The average Bonchev–Trinajstić information content (AvgIpc) is 3.10. The Hall–Kier alpha value is -4.94. The number of hydrogen-bond donors (Lipinski definition) is 3. The molecule has 2 heterocycles. The average molecular weight is 745 g/mol. The van der Waals surface area contributed by atoms with Crippen LogP contribution in [-0.2, 0) is 68.5 Å². The van der Waals surface area contributed by atoms with Gasteiger partial charge in [0.1, 0.15) is 37.0 Å². The van der Waals surface area contributed by atoms with Crippen LogP contribution in [0.2, 0.25) is 0 Å². The monoisotopic (exact) mass is 744 g/mol. The summed E-state index contributed by atoms with van der Waals surface area (Å²) >= 11 is 0. The molecule has 2 saturated heterocycles. The van der Waals surface area contributed by atoms with Crippen molar-refractivity contribution in [2.75, 3.05) is 13.2 Å². The maximum atomic E-state index is 13.3. The number of carbonyl (C=O) groups excluding carboxylic acids is 6. The number of ether oxygens (including phenoxy) is 8. The number of rotatable bonds is 14. The lowest BCUT2D eigenvalue weighted by atomic mass is 9.95. The van der Waals surface area contributed by atoms with Crippen LogP contribution in [0.1, 0.15) is 50.5 Å². The summed E-state index contributed by atoms with van der Waals surface area (Å²) in [6.45, 7) is 4.79. The van der Waals surface area contributed by atoms with Gasteiger partial charge >= 0.3 is 23.9 Å². The van der Waals surface area contributed by atoms with Gasteiger partial charge in [-0.1, -0.05) is 48.5 Å². The van der Waals surface area contributed by atoms with Crippen LogP contribution in [0, 0.1) is 0 Å². The molecule has 0 saturated carbocycles. The van der Waals surface area contributed by atoms with Gasteiger partial charge in [-0.15, -0.1) is 0 Å². The second-order valence-corrected chi connectivity index (χ2v) is 12.3. The highest BCUT2D eigenvalue weighted by Crippen LogP contribution is 2.31. The molecule has 2 aromatic carbocycles. The van der Waals surface area contributed by atoms with Gasteiger partial charge < -0.3 is 53.6 Å². The van der Waals surface area contributed by atoms with Crippen molar-refractivity contribution in [2.45, 2.75) is 103 Å². The standard InChI is InChI=1S/C36H44N2O15/c1-19(39)37-28-32(53-34(45)25-14-10-7-11-15-25)30(44)26(51-35(28)47-16-24-12-8-6-9-13-24)17-48-36-29(38-20(2)40)33(50-23(5)43)31(49-22(4)42)27(52-36)18-46-21(3)41/h6-15,26-33,35-36,44H,16-18H2,1-5H3,(H,37,39)(H,38,40)/t26-,27-,28+,29-,30+,31-,32-,33-,35+,36+/m1/s1. The van der Waals surface area contributed by atoms with Crippen LogP contribution in [0.15, 0.2) is 60.7 Å². The van der Waals surface area contributed by atoms with E-state index >= 15 is 0 Å². The van der Waals surface area contributed by atoms with Gasteiger partial charge in [0.25, 0.3) is 0 Å². The Morgan fingerprint density at radius 1 is 0.623 bits per heavy atom. The van der Waals surface area contributed by atoms with Crippen LogP contribution in [0.25, 0.3) is 0 Å². The second kappa shape index (κ2) is 19.2. The molecule has 4 rings (SSSR count). The Morgan fingerprint density at radius 2 is 1.15 bits per heavy atom. The van der Waals surface area contributed by atoms with Gasteiger partial charge in [-0.3, -0.25) is 24.0 Å². The molecule has 0 radical (unpaired) electrons. The smallest absolute Gasteiger partial charge is 0.338 e. The predicted molar refractivity (Wildman–Crippen MR) is 179 cm³/mol. The summed E-state index contributed by atoms with van der Waals surface area (Å²) in [5.74, 6) is -4.20. The van der Waals surface area contributed by atoms with Crippen molar-refractivity contribution in [3.63, 3.8) is 0 Å². The highest BCUT2D eigenvalue weighted by Gasteiger charge is 2.53. The zero-order chi connectivity index (χ0) is 38.7. The van der Waals surface area contributed by atoms with E-state index in [-0.39, 0.29) is 12.2 Å². The molecule has 3 N–H and O–H groups in total. The first kappa shape index (κ1) is 40.8. The van der Waals surface area contributed by atoms with E-state index in [0.29, 0.717) is 0 Å². The lowest BCUT2D eigenvalue weighted by Crippen LogP contribution is -2.68. The van der Waals surface area contributed by atoms with Gasteiger partial charge in [0, 0.05) is 34.6 Å². The van der Waals surface area contributed by atoms with Crippen molar-refractivity contribution in [3.8, 4) is 0 Å². The fourth-order valence-electron chi connectivity index (χ4n) is 5.87. The van der Waals surface area contributed by atoms with Gasteiger partial charge in [-0.25, -0.2) is 4.79 Å². The molecule has 0 unspecified atom stereocenters. The Morgan fingerprint density at radius 3 is 1.72 bits per heavy atom. The summed E-state index contributed by atoms with van der Waals surface area (Å²) in [5.41, 5.74) is 0.926. The first-order chi connectivity index (χ1) is 25.2. The number of aliphatic hydroxyl groups excluding tert-OH is 1. The zero-order valence-corrected chi connectivity index (χ0v) is 29.8. The van der Waals surface area contributed by atoms with E-state index in [9.17, 15) is 33.9 Å². The van der Waals surface area contributed by atoms with Gasteiger partial charge in [0.05, 0.1) is 18.8 Å². The number of aliphatic hydroxyl groups is 1. The molecule has 10 atom stereocenters. The first-order valence-corrected chi connectivity index (χ1v) is 16.8. The van der Waals surface area contributed by atoms with Crippen LogP contribution < -0.4 is 10.6 Å². The van der Waals surface area contributed by atoms with Gasteiger partial charge in [-0.05, 0) is 17.7 Å². The third-order valence-electron chi connectivity index (χ3n) is 8.05. The lowest BCUT2D eigenvalue weighted by Gasteiger charge is -2.46. The summed E-state index contributed by atoms with van der Waals surface area (Å²) < 4.78 is 46.3. The molecule has 288 valence electrons. The van der Waals surface area contributed by atoms with Crippen molar-refractivity contribution in [2.24, 2.45) is 0 Å². The minimum absolute atomic E-state index is 0.000385. The molecular weight excluding hydrogens is 700 g/mol. The second-order valence-electron chi connectivity index (χ2n) is 12.3. The lowest BCUT2D eigenvalue weighted by molar-refractivity contribution is -0.306. The molecule has 53 heavy (non-hydrogen) atoms. The van der Waals surface area contributed by atoms with Crippen molar-refractivity contribution < 1.29 is 71.8 Å². The Balaban J connectivity index is 1.66. The van der Waals surface area contributed by atoms with Crippen molar-refractivity contribution in [1.82, 2.24) is 10.6 Å². The molecule has 2 fully saturated rings. The third-order valence-corrected chi connectivity index (χ3v) is 8.05. The number of esters is 4. The third kappa shape index (κ3) is 11.8. The van der Waals surface area contributed by atoms with E-state index < -0.39 is 110 Å².